The number of carbonyl (C=O) groups excluding carboxylic acids is 1. The molecule has 1 saturated heterocycles. The third kappa shape index (κ3) is 4.27. The number of amides is 1. The molecule has 1 fully saturated rings. The van der Waals surface area contributed by atoms with Crippen molar-refractivity contribution in [1.29, 1.82) is 0 Å². The van der Waals surface area contributed by atoms with Gasteiger partial charge in [0.1, 0.15) is 17.3 Å². The van der Waals surface area contributed by atoms with Crippen LogP contribution in [0.1, 0.15) is 33.5 Å². The Kier molecular flexibility index (Phi) is 5.50. The third-order valence-electron chi connectivity index (χ3n) is 4.47. The molecule has 0 spiro atoms. The van der Waals surface area contributed by atoms with E-state index in [1.165, 1.54) is 6.07 Å². The summed E-state index contributed by atoms with van der Waals surface area (Å²) in [6.07, 6.45) is 0. The van der Waals surface area contributed by atoms with Crippen LogP contribution in [0.25, 0.3) is 0 Å². The predicted octanol–water partition coefficient (Wildman–Crippen LogP) is 2.84. The van der Waals surface area contributed by atoms with Crippen molar-refractivity contribution in [2.45, 2.75) is 19.9 Å². The molecule has 1 aliphatic rings. The lowest BCUT2D eigenvalue weighted by Crippen LogP contribution is -2.43. The zero-order valence-electron chi connectivity index (χ0n) is 14.5. The van der Waals surface area contributed by atoms with Crippen LogP contribution in [0.4, 0.5) is 4.39 Å². The van der Waals surface area contributed by atoms with Gasteiger partial charge in [0.25, 0.3) is 5.91 Å². The van der Waals surface area contributed by atoms with E-state index in [9.17, 15) is 9.18 Å². The van der Waals surface area contributed by atoms with E-state index in [1.807, 2.05) is 19.1 Å². The van der Waals surface area contributed by atoms with Gasteiger partial charge < -0.3 is 14.5 Å². The van der Waals surface area contributed by atoms with Gasteiger partial charge in [0.05, 0.1) is 19.3 Å². The van der Waals surface area contributed by atoms with Crippen LogP contribution in [0.5, 0.6) is 0 Å². The van der Waals surface area contributed by atoms with E-state index in [0.717, 1.165) is 24.6 Å². The highest BCUT2D eigenvalue weighted by atomic mass is 19.1. The van der Waals surface area contributed by atoms with Crippen LogP contribution >= 0.6 is 0 Å². The van der Waals surface area contributed by atoms with Crippen molar-refractivity contribution in [2.24, 2.45) is 0 Å². The van der Waals surface area contributed by atoms with Crippen molar-refractivity contribution in [3.63, 3.8) is 0 Å². The highest BCUT2D eigenvalue weighted by Crippen LogP contribution is 2.23. The Balaban J connectivity index is 1.71. The Morgan fingerprint density at radius 2 is 2.00 bits per heavy atom. The summed E-state index contributed by atoms with van der Waals surface area (Å²) in [6, 6.07) is 8.30. The molecular formula is C19H23FN2O3. The van der Waals surface area contributed by atoms with Gasteiger partial charge in [0, 0.05) is 25.2 Å². The fourth-order valence-electron chi connectivity index (χ4n) is 2.96. The molecule has 0 radical (unpaired) electrons. The molecule has 1 N–H and O–H groups in total. The minimum absolute atomic E-state index is 0.0724. The maximum atomic E-state index is 13.7. The number of ether oxygens (including phenoxy) is 1. The predicted molar refractivity (Wildman–Crippen MR) is 92.0 cm³/mol. The van der Waals surface area contributed by atoms with Crippen molar-refractivity contribution in [2.75, 3.05) is 32.8 Å². The summed E-state index contributed by atoms with van der Waals surface area (Å²) in [5, 5.41) is 2.90. The van der Waals surface area contributed by atoms with Crippen molar-refractivity contribution < 1.29 is 18.3 Å². The topological polar surface area (TPSA) is 54.7 Å². The minimum atomic E-state index is -0.376. The van der Waals surface area contributed by atoms with Crippen molar-refractivity contribution in [3.8, 4) is 0 Å². The lowest BCUT2D eigenvalue weighted by Gasteiger charge is -2.33. The summed E-state index contributed by atoms with van der Waals surface area (Å²) in [7, 11) is 0. The molecule has 1 atom stereocenters. The van der Waals surface area contributed by atoms with Crippen LogP contribution < -0.4 is 5.32 Å². The number of aryl methyl sites for hydroxylation is 2. The quantitative estimate of drug-likeness (QED) is 0.905. The molecule has 2 aromatic rings. The maximum Gasteiger partial charge on any atom is 0.251 e. The molecule has 6 heteroatoms. The number of benzene rings is 1. The molecule has 5 nitrogen and oxygen atoms in total. The summed E-state index contributed by atoms with van der Waals surface area (Å²) >= 11 is 0. The van der Waals surface area contributed by atoms with E-state index in [1.54, 1.807) is 19.1 Å². The van der Waals surface area contributed by atoms with Gasteiger partial charge in [-0.1, -0.05) is 6.07 Å². The second-order valence-corrected chi connectivity index (χ2v) is 6.29. The lowest BCUT2D eigenvalue weighted by molar-refractivity contribution is 0.0117. The van der Waals surface area contributed by atoms with Crippen LogP contribution in [0, 0.1) is 19.7 Å². The van der Waals surface area contributed by atoms with Gasteiger partial charge >= 0.3 is 0 Å². The van der Waals surface area contributed by atoms with Crippen LogP contribution in [0.3, 0.4) is 0 Å². The van der Waals surface area contributed by atoms with E-state index in [4.69, 9.17) is 9.15 Å². The standard InChI is InChI=1S/C19H23FN2O3/c1-13-3-5-15(11-16(13)20)19(23)21-12-17(18-6-4-14(2)25-18)22-7-9-24-10-8-22/h3-6,11,17H,7-10,12H2,1-2H3,(H,21,23). The van der Waals surface area contributed by atoms with E-state index in [0.29, 0.717) is 30.9 Å². The number of furan rings is 1. The number of carbonyl (C=O) groups is 1. The molecule has 3 rings (SSSR count). The second-order valence-electron chi connectivity index (χ2n) is 6.29. The Labute approximate surface area is 146 Å². The van der Waals surface area contributed by atoms with Gasteiger partial charge in [-0.3, -0.25) is 9.69 Å². The molecule has 1 amide bonds. The highest BCUT2D eigenvalue weighted by Gasteiger charge is 2.25. The van der Waals surface area contributed by atoms with E-state index in [2.05, 4.69) is 10.2 Å². The SMILES string of the molecule is Cc1ccc(C(CNC(=O)c2ccc(C)c(F)c2)N2CCOCC2)o1. The first-order valence-electron chi connectivity index (χ1n) is 8.47. The van der Waals surface area contributed by atoms with Crippen LogP contribution in [-0.2, 0) is 4.74 Å². The molecule has 1 unspecified atom stereocenters. The first kappa shape index (κ1) is 17.6. The first-order valence-corrected chi connectivity index (χ1v) is 8.47. The molecule has 2 heterocycles. The number of morpholine rings is 1. The average Bonchev–Trinajstić information content (AvgIpc) is 3.04. The van der Waals surface area contributed by atoms with Crippen molar-refractivity contribution in [3.05, 3.63) is 58.8 Å². The zero-order valence-corrected chi connectivity index (χ0v) is 14.5. The molecule has 0 bridgehead atoms. The lowest BCUT2D eigenvalue weighted by atomic mass is 10.1. The molecule has 1 aromatic carbocycles. The van der Waals surface area contributed by atoms with Gasteiger partial charge in [0.15, 0.2) is 0 Å². The van der Waals surface area contributed by atoms with Crippen LogP contribution in [0.2, 0.25) is 0 Å². The van der Waals surface area contributed by atoms with Crippen molar-refractivity contribution >= 4 is 5.91 Å². The van der Waals surface area contributed by atoms with Crippen LogP contribution in [-0.4, -0.2) is 43.7 Å². The molecule has 1 aliphatic heterocycles. The van der Waals surface area contributed by atoms with E-state index >= 15 is 0 Å². The molecule has 0 saturated carbocycles. The van der Waals surface area contributed by atoms with Gasteiger partial charge in [-0.05, 0) is 43.7 Å². The second kappa shape index (κ2) is 7.80. The Morgan fingerprint density at radius 1 is 1.24 bits per heavy atom. The van der Waals surface area contributed by atoms with Gasteiger partial charge in [-0.25, -0.2) is 4.39 Å². The molecule has 25 heavy (non-hydrogen) atoms. The summed E-state index contributed by atoms with van der Waals surface area (Å²) in [4.78, 5) is 14.6. The monoisotopic (exact) mass is 346 g/mol. The Morgan fingerprint density at radius 3 is 2.64 bits per heavy atom. The summed E-state index contributed by atoms with van der Waals surface area (Å²) in [6.45, 7) is 6.83. The smallest absolute Gasteiger partial charge is 0.251 e. The normalized spacial score (nSPS) is 16.6. The average molecular weight is 346 g/mol. The zero-order chi connectivity index (χ0) is 17.8. The largest absolute Gasteiger partial charge is 0.465 e. The van der Waals surface area contributed by atoms with Crippen molar-refractivity contribution in [1.82, 2.24) is 10.2 Å². The van der Waals surface area contributed by atoms with E-state index < -0.39 is 0 Å². The number of nitrogens with one attached hydrogen (secondary N) is 1. The summed E-state index contributed by atoms with van der Waals surface area (Å²) in [5.41, 5.74) is 0.841. The first-order chi connectivity index (χ1) is 12.0. The number of rotatable bonds is 5. The molecule has 0 aliphatic carbocycles. The fourth-order valence-corrected chi connectivity index (χ4v) is 2.96. The Bertz CT molecular complexity index is 738. The number of hydrogen-bond donors (Lipinski definition) is 1. The Hall–Kier alpha value is -2.18. The highest BCUT2D eigenvalue weighted by molar-refractivity contribution is 5.94. The molecule has 134 valence electrons. The summed E-state index contributed by atoms with van der Waals surface area (Å²) < 4.78 is 24.9. The number of hydrogen-bond acceptors (Lipinski definition) is 4. The third-order valence-corrected chi connectivity index (χ3v) is 4.47. The minimum Gasteiger partial charge on any atom is -0.465 e. The van der Waals surface area contributed by atoms with E-state index in [-0.39, 0.29) is 17.8 Å². The fraction of sp³-hybridized carbons (Fsp3) is 0.421. The summed E-state index contributed by atoms with van der Waals surface area (Å²) in [5.74, 6) is 0.981. The van der Waals surface area contributed by atoms with Crippen LogP contribution in [0.15, 0.2) is 34.7 Å². The van der Waals surface area contributed by atoms with Gasteiger partial charge in [0.2, 0.25) is 0 Å². The molecular weight excluding hydrogens is 323 g/mol. The van der Waals surface area contributed by atoms with Gasteiger partial charge in [-0.2, -0.15) is 0 Å². The molecule has 1 aromatic heterocycles. The number of halogens is 1. The maximum absolute atomic E-state index is 13.7. The van der Waals surface area contributed by atoms with Gasteiger partial charge in [-0.15, -0.1) is 0 Å². The number of nitrogens with zero attached hydrogens (tertiary/aromatic N) is 1.